The molecule has 136 valence electrons. The molecule has 26 heavy (non-hydrogen) atoms. The number of fused-ring (bicyclic) bond motifs is 1. The number of benzene rings is 1. The second kappa shape index (κ2) is 7.49. The molecular formula is C18H16F3N3OS. The summed E-state index contributed by atoms with van der Waals surface area (Å²) in [6, 6.07) is 11.1. The highest BCUT2D eigenvalue weighted by Gasteiger charge is 2.34. The van der Waals surface area contributed by atoms with Crippen molar-refractivity contribution in [3.63, 3.8) is 0 Å². The Morgan fingerprint density at radius 3 is 2.73 bits per heavy atom. The van der Waals surface area contributed by atoms with Gasteiger partial charge in [-0.3, -0.25) is 14.8 Å². The predicted octanol–water partition coefficient (Wildman–Crippen LogP) is 4.01. The fourth-order valence-corrected chi connectivity index (χ4v) is 3.33. The number of thioether (sulfide) groups is 1. The van der Waals surface area contributed by atoms with Gasteiger partial charge in [0.05, 0.1) is 24.7 Å². The van der Waals surface area contributed by atoms with Crippen molar-refractivity contribution >= 4 is 22.7 Å². The highest BCUT2D eigenvalue weighted by molar-refractivity contribution is 8.15. The third kappa shape index (κ3) is 4.63. The molecule has 1 amide bonds. The van der Waals surface area contributed by atoms with E-state index in [-0.39, 0.29) is 41.7 Å². The van der Waals surface area contributed by atoms with Crippen LogP contribution >= 0.6 is 11.8 Å². The molecule has 1 aliphatic heterocycles. The summed E-state index contributed by atoms with van der Waals surface area (Å²) in [6.45, 7) is 2.06. The zero-order valence-corrected chi connectivity index (χ0v) is 14.7. The first-order valence-corrected chi connectivity index (χ1v) is 8.76. The van der Waals surface area contributed by atoms with Gasteiger partial charge >= 0.3 is 5.51 Å². The first kappa shape index (κ1) is 18.4. The minimum absolute atomic E-state index is 0.0617. The van der Waals surface area contributed by atoms with Crippen LogP contribution in [0.4, 0.5) is 13.2 Å². The second-order valence-electron chi connectivity index (χ2n) is 5.88. The van der Waals surface area contributed by atoms with Crippen LogP contribution in [-0.4, -0.2) is 21.4 Å². The maximum atomic E-state index is 12.5. The first-order valence-electron chi connectivity index (χ1n) is 7.94. The van der Waals surface area contributed by atoms with Gasteiger partial charge in [-0.2, -0.15) is 13.2 Å². The van der Waals surface area contributed by atoms with Gasteiger partial charge in [-0.1, -0.05) is 30.3 Å². The molecule has 0 aliphatic carbocycles. The molecule has 0 bridgehead atoms. The summed E-state index contributed by atoms with van der Waals surface area (Å²) in [4.78, 5) is 20.3. The van der Waals surface area contributed by atoms with Crippen LogP contribution in [0.25, 0.3) is 0 Å². The van der Waals surface area contributed by atoms with Crippen LogP contribution in [0.5, 0.6) is 0 Å². The Kier molecular flexibility index (Phi) is 5.31. The Labute approximate surface area is 152 Å². The van der Waals surface area contributed by atoms with Crippen LogP contribution in [-0.2, 0) is 17.8 Å². The van der Waals surface area contributed by atoms with Crippen LogP contribution < -0.4 is 5.32 Å². The van der Waals surface area contributed by atoms with Crippen molar-refractivity contribution in [2.45, 2.75) is 31.4 Å². The van der Waals surface area contributed by atoms with Gasteiger partial charge in [0.25, 0.3) is 0 Å². The van der Waals surface area contributed by atoms with Crippen LogP contribution in [0.2, 0.25) is 0 Å². The molecule has 0 radical (unpaired) electrons. The number of amides is 1. The third-order valence-corrected chi connectivity index (χ3v) is 4.67. The van der Waals surface area contributed by atoms with E-state index in [0.717, 1.165) is 5.56 Å². The number of hydrogen-bond acceptors (Lipinski definition) is 4. The molecule has 0 fully saturated rings. The van der Waals surface area contributed by atoms with Crippen molar-refractivity contribution in [3.05, 3.63) is 65.0 Å². The van der Waals surface area contributed by atoms with Gasteiger partial charge in [-0.05, 0) is 24.1 Å². The van der Waals surface area contributed by atoms with E-state index in [1.807, 2.05) is 37.3 Å². The van der Waals surface area contributed by atoms with Gasteiger partial charge in [0.15, 0.2) is 0 Å². The summed E-state index contributed by atoms with van der Waals surface area (Å²) in [5.41, 5.74) is -1.84. The number of aliphatic imine (C=N–C) groups is 1. The Morgan fingerprint density at radius 2 is 2.04 bits per heavy atom. The minimum atomic E-state index is -4.38. The van der Waals surface area contributed by atoms with Gasteiger partial charge in [-0.15, -0.1) is 0 Å². The van der Waals surface area contributed by atoms with Crippen LogP contribution in [0.1, 0.15) is 35.3 Å². The molecule has 1 N–H and O–H groups in total. The lowest BCUT2D eigenvalue weighted by Crippen LogP contribution is -2.28. The van der Waals surface area contributed by atoms with E-state index in [1.54, 1.807) is 6.07 Å². The molecule has 1 aromatic carbocycles. The number of hydrogen-bond donors (Lipinski definition) is 1. The quantitative estimate of drug-likeness (QED) is 0.873. The number of carbonyl (C=O) groups excluding carboxylic acids is 1. The Morgan fingerprint density at radius 1 is 1.31 bits per heavy atom. The molecular weight excluding hydrogens is 363 g/mol. The summed E-state index contributed by atoms with van der Waals surface area (Å²) in [6.07, 6.45) is 1.43. The van der Waals surface area contributed by atoms with Gasteiger partial charge in [0.1, 0.15) is 5.04 Å². The summed E-state index contributed by atoms with van der Waals surface area (Å²) < 4.78 is 37.6. The molecule has 1 atom stereocenters. The third-order valence-electron chi connectivity index (χ3n) is 3.90. The monoisotopic (exact) mass is 379 g/mol. The number of halogens is 3. The molecule has 0 unspecified atom stereocenters. The molecule has 2 heterocycles. The fourth-order valence-electron chi connectivity index (χ4n) is 2.69. The topological polar surface area (TPSA) is 54.4 Å². The second-order valence-corrected chi connectivity index (χ2v) is 6.93. The fraction of sp³-hybridized carbons (Fsp3) is 0.278. The van der Waals surface area contributed by atoms with Crippen LogP contribution in [0, 0.1) is 0 Å². The van der Waals surface area contributed by atoms with Crippen LogP contribution in [0.3, 0.4) is 0 Å². The average molecular weight is 379 g/mol. The zero-order chi connectivity index (χ0) is 18.7. The number of nitrogens with zero attached hydrogens (tertiary/aromatic N) is 2. The zero-order valence-electron chi connectivity index (χ0n) is 13.9. The number of aromatic nitrogens is 1. The van der Waals surface area contributed by atoms with E-state index in [9.17, 15) is 18.0 Å². The number of pyridine rings is 1. The van der Waals surface area contributed by atoms with Crippen molar-refractivity contribution < 1.29 is 18.0 Å². The Balaban J connectivity index is 1.63. The maximum absolute atomic E-state index is 12.5. The lowest BCUT2D eigenvalue weighted by molar-refractivity contribution is -0.121. The van der Waals surface area contributed by atoms with E-state index >= 15 is 0 Å². The smallest absolute Gasteiger partial charge is 0.349 e. The number of rotatable bonds is 4. The number of nitrogens with one attached hydrogen (secondary N) is 1. The molecule has 4 nitrogen and oxygen atoms in total. The summed E-state index contributed by atoms with van der Waals surface area (Å²) in [5.74, 6) is -0.197. The normalized spacial score (nSPS) is 14.5. The van der Waals surface area contributed by atoms with Crippen molar-refractivity contribution in [2.75, 3.05) is 0 Å². The molecule has 8 heteroatoms. The van der Waals surface area contributed by atoms with E-state index in [4.69, 9.17) is 0 Å². The highest BCUT2D eigenvalue weighted by atomic mass is 32.2. The summed E-state index contributed by atoms with van der Waals surface area (Å²) in [5, 5.41) is 2.82. The Hall–Kier alpha value is -2.35. The van der Waals surface area contributed by atoms with Crippen molar-refractivity contribution in [3.8, 4) is 0 Å². The van der Waals surface area contributed by atoms with Crippen molar-refractivity contribution in [2.24, 2.45) is 4.99 Å². The van der Waals surface area contributed by atoms with E-state index in [2.05, 4.69) is 15.3 Å². The molecule has 0 spiro atoms. The molecule has 0 saturated carbocycles. The average Bonchev–Trinajstić information content (AvgIpc) is 2.96. The summed E-state index contributed by atoms with van der Waals surface area (Å²) in [7, 11) is 0. The van der Waals surface area contributed by atoms with Gasteiger partial charge in [0.2, 0.25) is 5.91 Å². The Bertz CT molecular complexity index is 837. The van der Waals surface area contributed by atoms with E-state index in [1.165, 1.54) is 6.20 Å². The standard InChI is InChI=1S/C18H16F3N3OS/c1-11(12-5-3-2-4-6-12)24-16(25)8-14-7-13-9-23-17(15(13)10-22-14)26-18(19,20)21/h2-7,10-11H,8-9H2,1H3,(H,24,25)/t11-/m1/s1. The van der Waals surface area contributed by atoms with Gasteiger partial charge < -0.3 is 5.32 Å². The largest absolute Gasteiger partial charge is 0.447 e. The summed E-state index contributed by atoms with van der Waals surface area (Å²) >= 11 is -0.236. The first-order chi connectivity index (χ1) is 12.3. The molecule has 2 aromatic rings. The van der Waals surface area contributed by atoms with E-state index in [0.29, 0.717) is 16.8 Å². The number of carbonyl (C=O) groups is 1. The SMILES string of the molecule is C[C@@H](NC(=O)Cc1cc2c(cn1)C(SC(F)(F)F)=NC2)c1ccccc1. The van der Waals surface area contributed by atoms with Gasteiger partial charge in [0, 0.05) is 23.5 Å². The molecule has 1 aromatic heterocycles. The van der Waals surface area contributed by atoms with Crippen LogP contribution in [0.15, 0.2) is 47.6 Å². The maximum Gasteiger partial charge on any atom is 0.447 e. The number of alkyl halides is 3. The van der Waals surface area contributed by atoms with E-state index < -0.39 is 5.51 Å². The minimum Gasteiger partial charge on any atom is -0.349 e. The molecule has 0 saturated heterocycles. The van der Waals surface area contributed by atoms with Crippen molar-refractivity contribution in [1.82, 2.24) is 10.3 Å². The predicted molar refractivity (Wildman–Crippen MR) is 94.8 cm³/mol. The van der Waals surface area contributed by atoms with Gasteiger partial charge in [-0.25, -0.2) is 0 Å². The lowest BCUT2D eigenvalue weighted by Gasteiger charge is -2.14. The lowest BCUT2D eigenvalue weighted by atomic mass is 10.1. The molecule has 1 aliphatic rings. The van der Waals surface area contributed by atoms with Crippen molar-refractivity contribution in [1.29, 1.82) is 0 Å². The molecule has 3 rings (SSSR count). The highest BCUT2D eigenvalue weighted by Crippen LogP contribution is 2.36.